The highest BCUT2D eigenvalue weighted by molar-refractivity contribution is 6.30. The third kappa shape index (κ3) is 2.04. The Hall–Kier alpha value is -1.09. The topological polar surface area (TPSA) is 26.3 Å². The third-order valence-corrected chi connectivity index (χ3v) is 2.06. The van der Waals surface area contributed by atoms with Gasteiger partial charge in [-0.05, 0) is 24.6 Å². The molecule has 0 atom stereocenters. The van der Waals surface area contributed by atoms with E-state index >= 15 is 0 Å². The van der Waals surface area contributed by atoms with Crippen molar-refractivity contribution in [3.8, 4) is 5.75 Å². The minimum Gasteiger partial charge on any atom is -0.496 e. The van der Waals surface area contributed by atoms with Crippen LogP contribution < -0.4 is 4.74 Å². The van der Waals surface area contributed by atoms with Crippen LogP contribution in [0.2, 0.25) is 0 Å². The molecule has 1 aromatic rings. The van der Waals surface area contributed by atoms with E-state index in [2.05, 4.69) is 0 Å². The maximum absolute atomic E-state index is 13.4. The molecular formula is C10H10ClFO2. The van der Waals surface area contributed by atoms with Crippen LogP contribution in [0.4, 0.5) is 4.39 Å². The summed E-state index contributed by atoms with van der Waals surface area (Å²) in [6.07, 6.45) is 0. The molecule has 0 unspecified atom stereocenters. The summed E-state index contributed by atoms with van der Waals surface area (Å²) in [6, 6.07) is 2.88. The summed E-state index contributed by atoms with van der Waals surface area (Å²) in [7, 11) is 1.39. The number of aryl methyl sites for hydroxylation is 1. The minimum atomic E-state index is -0.590. The van der Waals surface area contributed by atoms with Crippen molar-refractivity contribution in [3.63, 3.8) is 0 Å². The van der Waals surface area contributed by atoms with Crippen LogP contribution in [-0.4, -0.2) is 18.8 Å². The second kappa shape index (κ2) is 4.42. The summed E-state index contributed by atoms with van der Waals surface area (Å²) in [4.78, 5) is 11.3. The van der Waals surface area contributed by atoms with Crippen molar-refractivity contribution in [2.75, 3.05) is 13.0 Å². The van der Waals surface area contributed by atoms with Gasteiger partial charge in [0.15, 0.2) is 5.78 Å². The largest absolute Gasteiger partial charge is 0.496 e. The van der Waals surface area contributed by atoms with E-state index in [1.807, 2.05) is 0 Å². The van der Waals surface area contributed by atoms with Crippen molar-refractivity contribution in [1.29, 1.82) is 0 Å². The van der Waals surface area contributed by atoms with Crippen molar-refractivity contribution in [2.24, 2.45) is 0 Å². The van der Waals surface area contributed by atoms with Gasteiger partial charge < -0.3 is 4.74 Å². The molecule has 0 aliphatic carbocycles. The summed E-state index contributed by atoms with van der Waals surface area (Å²) in [5, 5.41) is 0. The first-order valence-electron chi connectivity index (χ1n) is 4.03. The second-order valence-corrected chi connectivity index (χ2v) is 3.15. The van der Waals surface area contributed by atoms with E-state index in [0.717, 1.165) is 0 Å². The molecule has 0 saturated heterocycles. The molecule has 0 heterocycles. The molecule has 1 rings (SSSR count). The molecule has 76 valence electrons. The minimum absolute atomic E-state index is 0.0758. The molecule has 1 aromatic carbocycles. The first-order valence-corrected chi connectivity index (χ1v) is 4.57. The van der Waals surface area contributed by atoms with Crippen LogP contribution in [0.25, 0.3) is 0 Å². The zero-order valence-electron chi connectivity index (χ0n) is 7.93. The standard InChI is InChI=1S/C10H10ClFO2/c1-6-3-7(12)10(8(13)5-11)9(4-6)14-2/h3-4H,5H2,1-2H3. The Morgan fingerprint density at radius 2 is 2.21 bits per heavy atom. The molecule has 0 bridgehead atoms. The predicted octanol–water partition coefficient (Wildman–Crippen LogP) is 2.56. The van der Waals surface area contributed by atoms with E-state index in [0.29, 0.717) is 5.56 Å². The lowest BCUT2D eigenvalue weighted by atomic mass is 10.1. The predicted molar refractivity (Wildman–Crippen MR) is 52.7 cm³/mol. The van der Waals surface area contributed by atoms with E-state index in [4.69, 9.17) is 16.3 Å². The lowest BCUT2D eigenvalue weighted by Gasteiger charge is -2.08. The summed E-state index contributed by atoms with van der Waals surface area (Å²) < 4.78 is 18.3. The molecule has 0 aliphatic heterocycles. The molecule has 4 heteroatoms. The fourth-order valence-electron chi connectivity index (χ4n) is 1.21. The number of methoxy groups -OCH3 is 1. The first-order chi connectivity index (χ1) is 6.60. The lowest BCUT2D eigenvalue weighted by Crippen LogP contribution is -2.07. The summed E-state index contributed by atoms with van der Waals surface area (Å²) in [5.41, 5.74) is 0.624. The monoisotopic (exact) mass is 216 g/mol. The smallest absolute Gasteiger partial charge is 0.184 e. The van der Waals surface area contributed by atoms with E-state index < -0.39 is 11.6 Å². The van der Waals surface area contributed by atoms with E-state index in [9.17, 15) is 9.18 Å². The van der Waals surface area contributed by atoms with Gasteiger partial charge in [-0.2, -0.15) is 0 Å². The van der Waals surface area contributed by atoms with Crippen LogP contribution in [0.15, 0.2) is 12.1 Å². The Balaban J connectivity index is 3.32. The van der Waals surface area contributed by atoms with Crippen LogP contribution >= 0.6 is 11.6 Å². The fraction of sp³-hybridized carbons (Fsp3) is 0.300. The molecular weight excluding hydrogens is 207 g/mol. The highest BCUT2D eigenvalue weighted by Gasteiger charge is 2.17. The Morgan fingerprint density at radius 1 is 1.57 bits per heavy atom. The SMILES string of the molecule is COc1cc(C)cc(F)c1C(=O)CCl. The number of carbonyl (C=O) groups excluding carboxylic acids is 1. The number of hydrogen-bond acceptors (Lipinski definition) is 2. The van der Waals surface area contributed by atoms with Crippen LogP contribution in [-0.2, 0) is 0 Å². The van der Waals surface area contributed by atoms with Gasteiger partial charge in [0.1, 0.15) is 11.6 Å². The normalized spacial score (nSPS) is 10.0. The lowest BCUT2D eigenvalue weighted by molar-refractivity contribution is 0.101. The highest BCUT2D eigenvalue weighted by atomic mass is 35.5. The number of carbonyl (C=O) groups is 1. The highest BCUT2D eigenvalue weighted by Crippen LogP contribution is 2.24. The molecule has 0 aromatic heterocycles. The molecule has 0 aliphatic rings. The quantitative estimate of drug-likeness (QED) is 0.574. The Labute approximate surface area is 86.6 Å². The van der Waals surface area contributed by atoms with Gasteiger partial charge in [-0.1, -0.05) is 0 Å². The van der Waals surface area contributed by atoms with Crippen LogP contribution in [0.5, 0.6) is 5.75 Å². The van der Waals surface area contributed by atoms with Crippen molar-refractivity contribution in [2.45, 2.75) is 6.92 Å². The van der Waals surface area contributed by atoms with Gasteiger partial charge in [0.25, 0.3) is 0 Å². The van der Waals surface area contributed by atoms with Gasteiger partial charge in [0.05, 0.1) is 18.6 Å². The number of Topliss-reactive ketones (excluding diaryl/α,β-unsaturated/α-hetero) is 1. The molecule has 0 saturated carbocycles. The van der Waals surface area contributed by atoms with Gasteiger partial charge in [-0.15, -0.1) is 11.6 Å². The Morgan fingerprint density at radius 3 is 2.71 bits per heavy atom. The molecule has 0 amide bonds. The molecule has 14 heavy (non-hydrogen) atoms. The molecule has 0 fully saturated rings. The van der Waals surface area contributed by atoms with Crippen LogP contribution in [0.3, 0.4) is 0 Å². The molecule has 0 spiro atoms. The van der Waals surface area contributed by atoms with Gasteiger partial charge in [-0.25, -0.2) is 4.39 Å². The maximum Gasteiger partial charge on any atom is 0.184 e. The van der Waals surface area contributed by atoms with Gasteiger partial charge in [0, 0.05) is 0 Å². The summed E-state index contributed by atoms with van der Waals surface area (Å²) in [5.74, 6) is -1.09. The zero-order chi connectivity index (χ0) is 10.7. The van der Waals surface area contributed by atoms with Gasteiger partial charge in [0.2, 0.25) is 0 Å². The van der Waals surface area contributed by atoms with Crippen molar-refractivity contribution in [3.05, 3.63) is 29.1 Å². The number of halogens is 2. The summed E-state index contributed by atoms with van der Waals surface area (Å²) in [6.45, 7) is 1.72. The average molecular weight is 217 g/mol. The van der Waals surface area contributed by atoms with E-state index in [1.165, 1.54) is 13.2 Å². The number of rotatable bonds is 3. The molecule has 0 N–H and O–H groups in total. The summed E-state index contributed by atoms with van der Waals surface area (Å²) >= 11 is 5.36. The van der Waals surface area contributed by atoms with Crippen molar-refractivity contribution in [1.82, 2.24) is 0 Å². The van der Waals surface area contributed by atoms with E-state index in [1.54, 1.807) is 13.0 Å². The van der Waals surface area contributed by atoms with Crippen molar-refractivity contribution >= 4 is 17.4 Å². The fourth-order valence-corrected chi connectivity index (χ4v) is 1.34. The number of benzene rings is 1. The number of alkyl halides is 1. The van der Waals surface area contributed by atoms with E-state index in [-0.39, 0.29) is 17.2 Å². The molecule has 2 nitrogen and oxygen atoms in total. The number of ketones is 1. The van der Waals surface area contributed by atoms with Crippen molar-refractivity contribution < 1.29 is 13.9 Å². The van der Waals surface area contributed by atoms with Gasteiger partial charge >= 0.3 is 0 Å². The third-order valence-electron chi connectivity index (χ3n) is 1.82. The first kappa shape index (κ1) is 11.0. The molecule has 0 radical (unpaired) electrons. The Bertz CT molecular complexity index is 363. The zero-order valence-corrected chi connectivity index (χ0v) is 8.69. The maximum atomic E-state index is 13.4. The van der Waals surface area contributed by atoms with Crippen LogP contribution in [0, 0.1) is 12.7 Å². The van der Waals surface area contributed by atoms with Crippen LogP contribution in [0.1, 0.15) is 15.9 Å². The van der Waals surface area contributed by atoms with Gasteiger partial charge in [-0.3, -0.25) is 4.79 Å². The second-order valence-electron chi connectivity index (χ2n) is 2.88. The number of hydrogen-bond donors (Lipinski definition) is 0. The average Bonchev–Trinajstić information content (AvgIpc) is 2.15. The Kier molecular flexibility index (Phi) is 3.47. The number of ether oxygens (including phenoxy) is 1.